The second-order valence-electron chi connectivity index (χ2n) is 7.12. The van der Waals surface area contributed by atoms with Crippen molar-refractivity contribution in [1.29, 1.82) is 0 Å². The molecular formula is C22H20F2N4O2S. The molecule has 31 heavy (non-hydrogen) atoms. The van der Waals surface area contributed by atoms with Gasteiger partial charge in [0.15, 0.2) is 5.11 Å². The first-order chi connectivity index (χ1) is 14.8. The SMILES string of the molecule is CC(CC(O)c1cncnc1)(NC(=S)NC(=O)c1ccccc1)c1ccc(F)cc1F. The first kappa shape index (κ1) is 22.4. The Morgan fingerprint density at radius 2 is 1.84 bits per heavy atom. The van der Waals surface area contributed by atoms with Crippen LogP contribution in [0.25, 0.3) is 0 Å². The molecule has 3 aromatic rings. The van der Waals surface area contributed by atoms with E-state index in [0.29, 0.717) is 11.1 Å². The van der Waals surface area contributed by atoms with Crippen LogP contribution in [-0.4, -0.2) is 26.1 Å². The van der Waals surface area contributed by atoms with Crippen molar-refractivity contribution in [2.45, 2.75) is 25.0 Å². The number of amides is 1. The first-order valence-corrected chi connectivity index (χ1v) is 9.76. The average Bonchev–Trinajstić information content (AvgIpc) is 2.74. The molecule has 2 aromatic carbocycles. The quantitative estimate of drug-likeness (QED) is 0.508. The molecule has 0 aliphatic rings. The van der Waals surface area contributed by atoms with Crippen LogP contribution in [0.1, 0.15) is 40.9 Å². The molecule has 1 aromatic heterocycles. The molecule has 0 fully saturated rings. The fourth-order valence-corrected chi connectivity index (χ4v) is 3.52. The van der Waals surface area contributed by atoms with Gasteiger partial charge in [0, 0.05) is 41.6 Å². The van der Waals surface area contributed by atoms with E-state index in [0.717, 1.165) is 12.1 Å². The van der Waals surface area contributed by atoms with Crippen molar-refractivity contribution in [2.24, 2.45) is 0 Å². The van der Waals surface area contributed by atoms with Crippen molar-refractivity contribution in [3.8, 4) is 0 Å². The van der Waals surface area contributed by atoms with Gasteiger partial charge < -0.3 is 10.4 Å². The van der Waals surface area contributed by atoms with Crippen LogP contribution in [-0.2, 0) is 5.54 Å². The second-order valence-corrected chi connectivity index (χ2v) is 7.53. The molecular weight excluding hydrogens is 422 g/mol. The molecule has 0 aliphatic carbocycles. The third-order valence-electron chi connectivity index (χ3n) is 4.74. The van der Waals surface area contributed by atoms with Crippen molar-refractivity contribution in [3.63, 3.8) is 0 Å². The Bertz CT molecular complexity index is 1070. The molecule has 3 N–H and O–H groups in total. The minimum absolute atomic E-state index is 0.0652. The maximum atomic E-state index is 14.7. The molecule has 0 bridgehead atoms. The number of benzene rings is 2. The number of nitrogens with one attached hydrogen (secondary N) is 2. The van der Waals surface area contributed by atoms with Gasteiger partial charge >= 0.3 is 0 Å². The molecule has 2 unspecified atom stereocenters. The summed E-state index contributed by atoms with van der Waals surface area (Å²) in [6.45, 7) is 1.59. The highest BCUT2D eigenvalue weighted by molar-refractivity contribution is 7.80. The molecule has 6 nitrogen and oxygen atoms in total. The third-order valence-corrected chi connectivity index (χ3v) is 4.95. The van der Waals surface area contributed by atoms with Crippen molar-refractivity contribution >= 4 is 23.2 Å². The van der Waals surface area contributed by atoms with Gasteiger partial charge in [-0.3, -0.25) is 10.1 Å². The predicted octanol–water partition coefficient (Wildman–Crippen LogP) is 3.40. The van der Waals surface area contributed by atoms with Crippen LogP contribution in [0.15, 0.2) is 67.3 Å². The number of aliphatic hydroxyl groups excluding tert-OH is 1. The Kier molecular flexibility index (Phi) is 6.98. The summed E-state index contributed by atoms with van der Waals surface area (Å²) < 4.78 is 28.1. The number of thiocarbonyl (C=S) groups is 1. The summed E-state index contributed by atoms with van der Waals surface area (Å²) in [6, 6.07) is 11.6. The van der Waals surface area contributed by atoms with Gasteiger partial charge in [0.2, 0.25) is 0 Å². The average molecular weight is 442 g/mol. The summed E-state index contributed by atoms with van der Waals surface area (Å²) in [5, 5.41) is 16.1. The zero-order valence-corrected chi connectivity index (χ0v) is 17.4. The standard InChI is InChI=1S/C22H20F2N4O2S/c1-22(17-8-7-16(23)9-18(17)24,10-19(29)15-11-25-13-26-12-15)28-21(31)27-20(30)14-5-3-2-4-6-14/h2-9,11-13,19,29H,10H2,1H3,(H2,27,28,30,31). The first-order valence-electron chi connectivity index (χ1n) is 9.35. The van der Waals surface area contributed by atoms with Gasteiger partial charge in [0.05, 0.1) is 11.6 Å². The van der Waals surface area contributed by atoms with Crippen molar-refractivity contribution < 1.29 is 18.7 Å². The highest BCUT2D eigenvalue weighted by Crippen LogP contribution is 2.33. The Morgan fingerprint density at radius 3 is 2.48 bits per heavy atom. The summed E-state index contributed by atoms with van der Waals surface area (Å²) >= 11 is 5.27. The second kappa shape index (κ2) is 9.67. The molecule has 1 heterocycles. The lowest BCUT2D eigenvalue weighted by Crippen LogP contribution is -2.50. The fraction of sp³-hybridized carbons (Fsp3) is 0.182. The van der Waals surface area contributed by atoms with Crippen molar-refractivity contribution in [2.75, 3.05) is 0 Å². The van der Waals surface area contributed by atoms with Gasteiger partial charge in [-0.2, -0.15) is 0 Å². The Labute approximate surface area is 183 Å². The maximum absolute atomic E-state index is 14.7. The zero-order chi connectivity index (χ0) is 22.4. The number of hydrogen-bond acceptors (Lipinski definition) is 5. The molecule has 0 spiro atoms. The van der Waals surface area contributed by atoms with E-state index in [1.165, 1.54) is 24.8 Å². The van der Waals surface area contributed by atoms with Crippen LogP contribution in [0.5, 0.6) is 0 Å². The summed E-state index contributed by atoms with van der Waals surface area (Å²) in [7, 11) is 0. The number of aromatic nitrogens is 2. The molecule has 0 radical (unpaired) electrons. The van der Waals surface area contributed by atoms with Crippen LogP contribution in [0.4, 0.5) is 8.78 Å². The largest absolute Gasteiger partial charge is 0.388 e. The van der Waals surface area contributed by atoms with Gasteiger partial charge in [-0.15, -0.1) is 0 Å². The lowest BCUT2D eigenvalue weighted by molar-refractivity contribution is 0.0974. The van der Waals surface area contributed by atoms with Crippen molar-refractivity contribution in [1.82, 2.24) is 20.6 Å². The summed E-state index contributed by atoms with van der Waals surface area (Å²) in [4.78, 5) is 20.2. The number of hydrogen-bond donors (Lipinski definition) is 3. The van der Waals surface area contributed by atoms with Gasteiger partial charge in [-0.1, -0.05) is 24.3 Å². The maximum Gasteiger partial charge on any atom is 0.257 e. The van der Waals surface area contributed by atoms with Crippen molar-refractivity contribution in [3.05, 3.63) is 95.6 Å². The zero-order valence-electron chi connectivity index (χ0n) is 16.5. The Morgan fingerprint density at radius 1 is 1.16 bits per heavy atom. The van der Waals surface area contributed by atoms with Crippen LogP contribution >= 0.6 is 12.2 Å². The van der Waals surface area contributed by atoms with E-state index in [4.69, 9.17) is 12.2 Å². The lowest BCUT2D eigenvalue weighted by Gasteiger charge is -2.34. The molecule has 0 aliphatic heterocycles. The highest BCUT2D eigenvalue weighted by atomic mass is 32.1. The number of rotatable bonds is 6. The molecule has 2 atom stereocenters. The van der Waals surface area contributed by atoms with Gasteiger partial charge in [-0.25, -0.2) is 18.7 Å². The third kappa shape index (κ3) is 5.65. The van der Waals surface area contributed by atoms with Crippen LogP contribution in [0.2, 0.25) is 0 Å². The molecule has 9 heteroatoms. The number of nitrogens with zero attached hydrogens (tertiary/aromatic N) is 2. The van der Waals surface area contributed by atoms with E-state index in [9.17, 15) is 18.7 Å². The van der Waals surface area contributed by atoms with Crippen LogP contribution in [0, 0.1) is 11.6 Å². The monoisotopic (exact) mass is 442 g/mol. The van der Waals surface area contributed by atoms with Gasteiger partial charge in [0.25, 0.3) is 5.91 Å². The van der Waals surface area contributed by atoms with Crippen LogP contribution in [0.3, 0.4) is 0 Å². The van der Waals surface area contributed by atoms with E-state index in [1.54, 1.807) is 37.3 Å². The molecule has 3 rings (SSSR count). The topological polar surface area (TPSA) is 87.1 Å². The minimum Gasteiger partial charge on any atom is -0.388 e. The number of carbonyl (C=O) groups is 1. The number of halogens is 2. The van der Waals surface area contributed by atoms with Gasteiger partial charge in [-0.05, 0) is 37.3 Å². The highest BCUT2D eigenvalue weighted by Gasteiger charge is 2.34. The Balaban J connectivity index is 1.86. The smallest absolute Gasteiger partial charge is 0.257 e. The normalized spacial score (nSPS) is 13.7. The predicted molar refractivity (Wildman–Crippen MR) is 115 cm³/mol. The molecule has 0 saturated heterocycles. The fourth-order valence-electron chi connectivity index (χ4n) is 3.20. The van der Waals surface area contributed by atoms with E-state index in [-0.39, 0.29) is 17.1 Å². The van der Waals surface area contributed by atoms with E-state index >= 15 is 0 Å². The summed E-state index contributed by atoms with van der Waals surface area (Å²) in [6.07, 6.45) is 3.05. The number of carbonyl (C=O) groups excluding carboxylic acids is 1. The van der Waals surface area contributed by atoms with E-state index in [2.05, 4.69) is 20.6 Å². The molecule has 1 amide bonds. The molecule has 0 saturated carbocycles. The summed E-state index contributed by atoms with van der Waals surface area (Å²) in [5.74, 6) is -2.00. The number of aliphatic hydroxyl groups is 1. The summed E-state index contributed by atoms with van der Waals surface area (Å²) in [5.41, 5.74) is -0.421. The minimum atomic E-state index is -1.30. The van der Waals surface area contributed by atoms with Crippen LogP contribution < -0.4 is 10.6 Å². The lowest BCUT2D eigenvalue weighted by atomic mass is 9.84. The Hall–Kier alpha value is -3.30. The molecule has 160 valence electrons. The van der Waals surface area contributed by atoms with E-state index < -0.39 is 29.2 Å². The van der Waals surface area contributed by atoms with E-state index in [1.807, 2.05) is 0 Å². The van der Waals surface area contributed by atoms with Gasteiger partial charge in [0.1, 0.15) is 18.0 Å².